The van der Waals surface area contributed by atoms with Crippen molar-refractivity contribution in [2.75, 3.05) is 6.54 Å². The summed E-state index contributed by atoms with van der Waals surface area (Å²) in [7, 11) is -3.59. The Balaban J connectivity index is 2.01. The predicted molar refractivity (Wildman–Crippen MR) is 95.3 cm³/mol. The van der Waals surface area contributed by atoms with Crippen molar-refractivity contribution in [3.8, 4) is 0 Å². The molecule has 3 rings (SSSR count). The molecule has 0 spiro atoms. The lowest BCUT2D eigenvalue weighted by Gasteiger charge is -2.09. The summed E-state index contributed by atoms with van der Waals surface area (Å²) in [6.07, 6.45) is 0. The van der Waals surface area contributed by atoms with Crippen LogP contribution >= 0.6 is 27.5 Å². The normalized spacial score (nSPS) is 27.0. The average molecular weight is 416 g/mol. The summed E-state index contributed by atoms with van der Waals surface area (Å²) in [5.41, 5.74) is 12.0. The molecule has 2 aromatic carbocycles. The molecule has 3 atom stereocenters. The number of benzene rings is 2. The molecule has 0 bridgehead atoms. The summed E-state index contributed by atoms with van der Waals surface area (Å²) < 4.78 is 26.8. The molecule has 0 heterocycles. The van der Waals surface area contributed by atoms with Crippen LogP contribution in [0.25, 0.3) is 0 Å². The molecule has 1 saturated carbocycles. The molecule has 4 nitrogen and oxygen atoms in total. The van der Waals surface area contributed by atoms with Crippen molar-refractivity contribution in [3.05, 3.63) is 63.6 Å². The van der Waals surface area contributed by atoms with E-state index in [9.17, 15) is 8.42 Å². The Morgan fingerprint density at radius 3 is 2.17 bits per heavy atom. The molecule has 4 N–H and O–H groups in total. The summed E-state index contributed by atoms with van der Waals surface area (Å²) in [5, 5.41) is -0.246. The highest BCUT2D eigenvalue weighted by Gasteiger charge is 2.68. The van der Waals surface area contributed by atoms with E-state index in [-0.39, 0.29) is 17.4 Å². The first-order valence-electron chi connectivity index (χ1n) is 7.04. The Hall–Kier alpha value is -0.920. The molecule has 0 amide bonds. The van der Waals surface area contributed by atoms with Gasteiger partial charge in [0.25, 0.3) is 0 Å². The minimum absolute atomic E-state index is 0.102. The number of nitrogens with two attached hydrogens (primary N) is 2. The lowest BCUT2D eigenvalue weighted by atomic mass is 10.1. The standard InChI is InChI=1S/C16H16BrClN2O2S/c17-11-3-1-10(2-4-11)14-15(16(14,20)9-19)23(21,22)13-7-5-12(18)6-8-13/h1-8,14-15H,9,19-20H2. The van der Waals surface area contributed by atoms with Crippen LogP contribution < -0.4 is 11.5 Å². The fraction of sp³-hybridized carbons (Fsp3) is 0.250. The number of rotatable bonds is 4. The van der Waals surface area contributed by atoms with Gasteiger partial charge in [0.1, 0.15) is 0 Å². The van der Waals surface area contributed by atoms with E-state index in [1.807, 2.05) is 24.3 Å². The number of halogens is 2. The minimum atomic E-state index is -3.59. The second kappa shape index (κ2) is 5.86. The first-order chi connectivity index (χ1) is 10.8. The molecule has 7 heteroatoms. The van der Waals surface area contributed by atoms with Crippen LogP contribution in [0.5, 0.6) is 0 Å². The van der Waals surface area contributed by atoms with Crippen LogP contribution in [0.1, 0.15) is 11.5 Å². The summed E-state index contributed by atoms with van der Waals surface area (Å²) in [5.74, 6) is -0.318. The highest BCUT2D eigenvalue weighted by molar-refractivity contribution is 9.10. The molecule has 0 saturated heterocycles. The summed E-state index contributed by atoms with van der Waals surface area (Å²) in [4.78, 5) is 0.217. The molecule has 1 aliphatic carbocycles. The Labute approximate surface area is 148 Å². The highest BCUT2D eigenvalue weighted by Crippen LogP contribution is 2.55. The second-order valence-electron chi connectivity index (χ2n) is 5.77. The summed E-state index contributed by atoms with van der Waals surface area (Å²) >= 11 is 9.21. The molecular formula is C16H16BrClN2O2S. The van der Waals surface area contributed by atoms with Crippen LogP contribution in [0.2, 0.25) is 5.02 Å². The first-order valence-corrected chi connectivity index (χ1v) is 9.76. The van der Waals surface area contributed by atoms with Gasteiger partial charge in [0.15, 0.2) is 9.84 Å². The van der Waals surface area contributed by atoms with Gasteiger partial charge in [-0.25, -0.2) is 8.42 Å². The Morgan fingerprint density at radius 1 is 1.09 bits per heavy atom. The van der Waals surface area contributed by atoms with Gasteiger partial charge in [-0.3, -0.25) is 0 Å². The molecular weight excluding hydrogens is 400 g/mol. The number of hydrogen-bond acceptors (Lipinski definition) is 4. The molecule has 1 fully saturated rings. The van der Waals surface area contributed by atoms with E-state index in [0.717, 1.165) is 10.0 Å². The molecule has 0 radical (unpaired) electrons. The Bertz CT molecular complexity index is 824. The van der Waals surface area contributed by atoms with Crippen molar-refractivity contribution in [1.82, 2.24) is 0 Å². The monoisotopic (exact) mass is 414 g/mol. The van der Waals surface area contributed by atoms with Gasteiger partial charge in [0.05, 0.1) is 15.7 Å². The van der Waals surface area contributed by atoms with Crippen molar-refractivity contribution in [3.63, 3.8) is 0 Å². The third kappa shape index (κ3) is 2.83. The van der Waals surface area contributed by atoms with Crippen molar-refractivity contribution >= 4 is 37.4 Å². The second-order valence-corrected chi connectivity index (χ2v) is 9.19. The van der Waals surface area contributed by atoms with Gasteiger partial charge in [-0.2, -0.15) is 0 Å². The van der Waals surface area contributed by atoms with Crippen molar-refractivity contribution < 1.29 is 8.42 Å². The lowest BCUT2D eigenvalue weighted by molar-refractivity contribution is 0.586. The van der Waals surface area contributed by atoms with E-state index in [1.165, 1.54) is 12.1 Å². The fourth-order valence-electron chi connectivity index (χ4n) is 3.06. The van der Waals surface area contributed by atoms with E-state index in [2.05, 4.69) is 15.9 Å². The van der Waals surface area contributed by atoms with Crippen LogP contribution in [-0.2, 0) is 9.84 Å². The topological polar surface area (TPSA) is 86.2 Å². The zero-order valence-corrected chi connectivity index (χ0v) is 15.3. The van der Waals surface area contributed by atoms with E-state index in [0.29, 0.717) is 5.02 Å². The zero-order chi connectivity index (χ0) is 16.8. The van der Waals surface area contributed by atoms with Crippen LogP contribution in [0.15, 0.2) is 57.9 Å². The van der Waals surface area contributed by atoms with Gasteiger partial charge < -0.3 is 11.5 Å². The first kappa shape index (κ1) is 16.9. The van der Waals surface area contributed by atoms with Crippen LogP contribution in [-0.4, -0.2) is 25.8 Å². The molecule has 23 heavy (non-hydrogen) atoms. The van der Waals surface area contributed by atoms with E-state index >= 15 is 0 Å². The lowest BCUT2D eigenvalue weighted by Crippen LogP contribution is -2.39. The summed E-state index contributed by atoms with van der Waals surface area (Å²) in [6, 6.07) is 13.6. The van der Waals surface area contributed by atoms with Crippen molar-refractivity contribution in [2.45, 2.75) is 21.6 Å². The van der Waals surface area contributed by atoms with Gasteiger partial charge in [-0.05, 0) is 42.0 Å². The van der Waals surface area contributed by atoms with Crippen molar-refractivity contribution in [1.29, 1.82) is 0 Å². The van der Waals surface area contributed by atoms with E-state index < -0.39 is 20.6 Å². The van der Waals surface area contributed by atoms with Gasteiger partial charge in [-0.15, -0.1) is 0 Å². The third-order valence-electron chi connectivity index (χ3n) is 4.36. The predicted octanol–water partition coefficient (Wildman–Crippen LogP) is 2.70. The quantitative estimate of drug-likeness (QED) is 0.804. The molecule has 1 aliphatic rings. The number of hydrogen-bond donors (Lipinski definition) is 2. The van der Waals surface area contributed by atoms with Gasteiger partial charge in [-0.1, -0.05) is 39.7 Å². The van der Waals surface area contributed by atoms with E-state index in [4.69, 9.17) is 23.1 Å². The molecule has 3 unspecified atom stereocenters. The van der Waals surface area contributed by atoms with Crippen LogP contribution in [0, 0.1) is 0 Å². The highest BCUT2D eigenvalue weighted by atomic mass is 79.9. The van der Waals surface area contributed by atoms with Crippen LogP contribution in [0.4, 0.5) is 0 Å². The Morgan fingerprint density at radius 2 is 1.65 bits per heavy atom. The third-order valence-corrected chi connectivity index (χ3v) is 7.45. The SMILES string of the molecule is NCC1(N)C(c2ccc(Br)cc2)C1S(=O)(=O)c1ccc(Cl)cc1. The summed E-state index contributed by atoms with van der Waals surface area (Å²) in [6.45, 7) is 0.102. The number of sulfone groups is 1. The van der Waals surface area contributed by atoms with Gasteiger partial charge in [0.2, 0.25) is 0 Å². The largest absolute Gasteiger partial charge is 0.329 e. The maximum absolute atomic E-state index is 12.9. The fourth-order valence-corrected chi connectivity index (χ4v) is 5.77. The van der Waals surface area contributed by atoms with Gasteiger partial charge in [0, 0.05) is 22.0 Å². The maximum atomic E-state index is 12.9. The molecule has 2 aromatic rings. The van der Waals surface area contributed by atoms with E-state index in [1.54, 1.807) is 12.1 Å². The minimum Gasteiger partial charge on any atom is -0.329 e. The van der Waals surface area contributed by atoms with Gasteiger partial charge >= 0.3 is 0 Å². The van der Waals surface area contributed by atoms with Crippen LogP contribution in [0.3, 0.4) is 0 Å². The molecule has 0 aliphatic heterocycles. The smallest absolute Gasteiger partial charge is 0.183 e. The maximum Gasteiger partial charge on any atom is 0.183 e. The molecule has 122 valence electrons. The average Bonchev–Trinajstić information content (AvgIpc) is 3.16. The van der Waals surface area contributed by atoms with Crippen molar-refractivity contribution in [2.24, 2.45) is 11.5 Å². The molecule has 0 aromatic heterocycles. The zero-order valence-electron chi connectivity index (χ0n) is 12.1. The Kier molecular flexibility index (Phi) is 4.31.